The van der Waals surface area contributed by atoms with Crippen molar-refractivity contribution in [2.75, 3.05) is 32.9 Å². The van der Waals surface area contributed by atoms with Crippen molar-refractivity contribution in [3.8, 4) is 0 Å². The highest BCUT2D eigenvalue weighted by molar-refractivity contribution is 4.67. The van der Waals surface area contributed by atoms with Crippen LogP contribution in [0.15, 0.2) is 0 Å². The first-order valence-electron chi connectivity index (χ1n) is 11.8. The van der Waals surface area contributed by atoms with E-state index >= 15 is 0 Å². The topological polar surface area (TPSA) is 30.5 Å². The molecule has 3 nitrogen and oxygen atoms in total. The molecule has 0 aromatic carbocycles. The molecular weight excluding hydrogens is 322 g/mol. The fourth-order valence-electron chi connectivity index (χ4n) is 3.74. The highest BCUT2D eigenvalue weighted by Gasteiger charge is 2.12. The van der Waals surface area contributed by atoms with Gasteiger partial charge in [-0.1, -0.05) is 90.4 Å². The Morgan fingerprint density at radius 2 is 1.12 bits per heavy atom. The van der Waals surface area contributed by atoms with Gasteiger partial charge in [0.25, 0.3) is 0 Å². The van der Waals surface area contributed by atoms with Crippen LogP contribution in [0, 0.1) is 0 Å². The van der Waals surface area contributed by atoms with Crippen LogP contribution in [0.2, 0.25) is 0 Å². The molecule has 0 aromatic heterocycles. The second kappa shape index (κ2) is 19.6. The van der Waals surface area contributed by atoms with Gasteiger partial charge in [0.05, 0.1) is 19.3 Å². The van der Waals surface area contributed by atoms with E-state index in [9.17, 15) is 0 Å². The first kappa shape index (κ1) is 23.9. The molecule has 1 N–H and O–H groups in total. The van der Waals surface area contributed by atoms with E-state index in [1.807, 2.05) is 0 Å². The smallest absolute Gasteiger partial charge is 0.0704 e. The zero-order valence-corrected chi connectivity index (χ0v) is 17.7. The quantitative estimate of drug-likeness (QED) is 0.273. The fourth-order valence-corrected chi connectivity index (χ4v) is 3.74. The van der Waals surface area contributed by atoms with Gasteiger partial charge in [0.15, 0.2) is 0 Å². The minimum Gasteiger partial charge on any atom is -0.379 e. The third kappa shape index (κ3) is 16.1. The van der Waals surface area contributed by atoms with Gasteiger partial charge < -0.3 is 14.8 Å². The van der Waals surface area contributed by atoms with Crippen LogP contribution < -0.4 is 5.32 Å². The van der Waals surface area contributed by atoms with Gasteiger partial charge in [-0.25, -0.2) is 0 Å². The van der Waals surface area contributed by atoms with Crippen LogP contribution in [-0.4, -0.2) is 39.0 Å². The van der Waals surface area contributed by atoms with Crippen LogP contribution in [0.4, 0.5) is 0 Å². The zero-order valence-electron chi connectivity index (χ0n) is 17.7. The van der Waals surface area contributed by atoms with Crippen molar-refractivity contribution in [2.45, 2.75) is 116 Å². The van der Waals surface area contributed by atoms with Crippen molar-refractivity contribution in [1.29, 1.82) is 0 Å². The van der Waals surface area contributed by atoms with Gasteiger partial charge in [-0.05, 0) is 32.4 Å². The summed E-state index contributed by atoms with van der Waals surface area (Å²) in [7, 11) is 0. The van der Waals surface area contributed by atoms with Crippen molar-refractivity contribution in [3.05, 3.63) is 0 Å². The summed E-state index contributed by atoms with van der Waals surface area (Å²) in [6.45, 7) is 6.94. The molecule has 1 aliphatic rings. The number of hydrogen-bond donors (Lipinski definition) is 1. The molecule has 0 aliphatic carbocycles. The van der Waals surface area contributed by atoms with E-state index in [4.69, 9.17) is 9.47 Å². The van der Waals surface area contributed by atoms with Gasteiger partial charge in [0.1, 0.15) is 0 Å². The average molecular weight is 370 g/mol. The molecule has 3 heteroatoms. The fraction of sp³-hybridized carbons (Fsp3) is 1.00. The van der Waals surface area contributed by atoms with Crippen LogP contribution in [-0.2, 0) is 9.47 Å². The van der Waals surface area contributed by atoms with Crippen molar-refractivity contribution in [1.82, 2.24) is 5.32 Å². The summed E-state index contributed by atoms with van der Waals surface area (Å²) < 4.78 is 11.5. The number of nitrogens with one attached hydrogen (secondary N) is 1. The van der Waals surface area contributed by atoms with Gasteiger partial charge in [0, 0.05) is 6.61 Å². The molecule has 156 valence electrons. The SMILES string of the molecule is CCCCCCCCCCCCCCCCOCCOC1CCNCC1. The zero-order chi connectivity index (χ0) is 18.5. The molecular formula is C23H47NO2. The molecule has 0 saturated carbocycles. The number of hydrogen-bond acceptors (Lipinski definition) is 3. The standard InChI is InChI=1S/C23H47NO2/c1-2-3-4-5-6-7-8-9-10-11-12-13-14-15-20-25-21-22-26-23-16-18-24-19-17-23/h23-24H,2-22H2,1H3. The Hall–Kier alpha value is -0.120. The van der Waals surface area contributed by atoms with E-state index in [1.165, 1.54) is 89.9 Å². The highest BCUT2D eigenvalue weighted by atomic mass is 16.5. The lowest BCUT2D eigenvalue weighted by Crippen LogP contribution is -2.33. The van der Waals surface area contributed by atoms with Crippen LogP contribution in [0.5, 0.6) is 0 Å². The van der Waals surface area contributed by atoms with Crippen LogP contribution in [0.3, 0.4) is 0 Å². The molecule has 0 aromatic rings. The average Bonchev–Trinajstić information content (AvgIpc) is 2.68. The summed E-state index contributed by atoms with van der Waals surface area (Å²) in [4.78, 5) is 0. The Kier molecular flexibility index (Phi) is 18.1. The minimum absolute atomic E-state index is 0.459. The maximum absolute atomic E-state index is 5.84. The third-order valence-electron chi connectivity index (χ3n) is 5.51. The first-order chi connectivity index (χ1) is 12.9. The number of piperidine rings is 1. The summed E-state index contributed by atoms with van der Waals surface area (Å²) in [6.07, 6.45) is 22.5. The second-order valence-corrected chi connectivity index (χ2v) is 8.03. The molecule has 1 heterocycles. The van der Waals surface area contributed by atoms with Crippen molar-refractivity contribution >= 4 is 0 Å². The molecule has 1 aliphatic heterocycles. The number of rotatable bonds is 19. The highest BCUT2D eigenvalue weighted by Crippen LogP contribution is 2.13. The predicted octanol–water partition coefficient (Wildman–Crippen LogP) is 6.25. The Morgan fingerprint density at radius 3 is 1.65 bits per heavy atom. The van der Waals surface area contributed by atoms with Crippen molar-refractivity contribution in [2.24, 2.45) is 0 Å². The lowest BCUT2D eigenvalue weighted by atomic mass is 10.0. The number of ether oxygens (including phenoxy) is 2. The van der Waals surface area contributed by atoms with Crippen LogP contribution >= 0.6 is 0 Å². The van der Waals surface area contributed by atoms with E-state index < -0.39 is 0 Å². The second-order valence-electron chi connectivity index (χ2n) is 8.03. The number of unbranched alkanes of at least 4 members (excludes halogenated alkanes) is 13. The molecule has 1 rings (SSSR count). The molecule has 0 amide bonds. The van der Waals surface area contributed by atoms with E-state index in [0.29, 0.717) is 6.10 Å². The van der Waals surface area contributed by atoms with Gasteiger partial charge in [-0.2, -0.15) is 0 Å². The lowest BCUT2D eigenvalue weighted by molar-refractivity contribution is -0.00772. The Labute approximate surface area is 164 Å². The molecule has 0 bridgehead atoms. The third-order valence-corrected chi connectivity index (χ3v) is 5.51. The van der Waals surface area contributed by atoms with Crippen LogP contribution in [0.1, 0.15) is 110 Å². The molecule has 0 radical (unpaired) electrons. The van der Waals surface area contributed by atoms with Gasteiger partial charge >= 0.3 is 0 Å². The first-order valence-corrected chi connectivity index (χ1v) is 11.8. The predicted molar refractivity (Wildman–Crippen MR) is 113 cm³/mol. The molecule has 1 saturated heterocycles. The summed E-state index contributed by atoms with van der Waals surface area (Å²) in [5.41, 5.74) is 0. The molecule has 0 unspecified atom stereocenters. The normalized spacial score (nSPS) is 15.6. The Balaban J connectivity index is 1.65. The molecule has 26 heavy (non-hydrogen) atoms. The summed E-state index contributed by atoms with van der Waals surface area (Å²) in [5, 5.41) is 3.36. The van der Waals surface area contributed by atoms with Gasteiger partial charge in [-0.15, -0.1) is 0 Å². The molecule has 0 spiro atoms. The van der Waals surface area contributed by atoms with Gasteiger partial charge in [0.2, 0.25) is 0 Å². The van der Waals surface area contributed by atoms with E-state index in [1.54, 1.807) is 0 Å². The van der Waals surface area contributed by atoms with Crippen molar-refractivity contribution < 1.29 is 9.47 Å². The van der Waals surface area contributed by atoms with Crippen molar-refractivity contribution in [3.63, 3.8) is 0 Å². The maximum Gasteiger partial charge on any atom is 0.0704 e. The summed E-state index contributed by atoms with van der Waals surface area (Å²) in [6, 6.07) is 0. The molecule has 0 atom stereocenters. The molecule has 1 fully saturated rings. The summed E-state index contributed by atoms with van der Waals surface area (Å²) in [5.74, 6) is 0. The summed E-state index contributed by atoms with van der Waals surface area (Å²) >= 11 is 0. The maximum atomic E-state index is 5.84. The van der Waals surface area contributed by atoms with E-state index in [-0.39, 0.29) is 0 Å². The largest absolute Gasteiger partial charge is 0.379 e. The van der Waals surface area contributed by atoms with Crippen LogP contribution in [0.25, 0.3) is 0 Å². The van der Waals surface area contributed by atoms with E-state index in [0.717, 1.165) is 45.8 Å². The Morgan fingerprint density at radius 1 is 0.615 bits per heavy atom. The Bertz CT molecular complexity index is 267. The van der Waals surface area contributed by atoms with Gasteiger partial charge in [-0.3, -0.25) is 0 Å². The minimum atomic E-state index is 0.459. The lowest BCUT2D eigenvalue weighted by Gasteiger charge is -2.22. The van der Waals surface area contributed by atoms with E-state index in [2.05, 4.69) is 12.2 Å². The monoisotopic (exact) mass is 369 g/mol.